The molecule has 3 N–H and O–H groups in total. The smallest absolute Gasteiger partial charge is 0.211 e. The zero-order valence-electron chi connectivity index (χ0n) is 9.14. The van der Waals surface area contributed by atoms with Crippen molar-refractivity contribution >= 4 is 15.7 Å². The molecule has 16 heavy (non-hydrogen) atoms. The lowest BCUT2D eigenvalue weighted by molar-refractivity contribution is 0.323. The molecule has 0 unspecified atom stereocenters. The number of rotatable bonds is 6. The molecule has 0 spiro atoms. The molecule has 5 nitrogen and oxygen atoms in total. The number of benzene rings is 1. The van der Waals surface area contributed by atoms with Crippen LogP contribution in [0.2, 0.25) is 0 Å². The Hall–Kier alpha value is -1.27. The number of hydrogen-bond donors (Lipinski definition) is 2. The van der Waals surface area contributed by atoms with Gasteiger partial charge in [0, 0.05) is 12.2 Å². The van der Waals surface area contributed by atoms with Gasteiger partial charge in [-0.2, -0.15) is 0 Å². The molecule has 0 amide bonds. The summed E-state index contributed by atoms with van der Waals surface area (Å²) in [4.78, 5) is 0. The van der Waals surface area contributed by atoms with Crippen LogP contribution in [-0.2, 0) is 10.0 Å². The Morgan fingerprint density at radius 1 is 1.31 bits per heavy atom. The van der Waals surface area contributed by atoms with Gasteiger partial charge in [-0.05, 0) is 31.2 Å². The van der Waals surface area contributed by atoms with E-state index in [1.54, 1.807) is 31.2 Å². The van der Waals surface area contributed by atoms with Crippen LogP contribution in [0.15, 0.2) is 24.3 Å². The minimum absolute atomic E-state index is 0.0782. The van der Waals surface area contributed by atoms with Crippen LogP contribution in [0.4, 0.5) is 5.69 Å². The number of ether oxygens (including phenoxy) is 1. The van der Waals surface area contributed by atoms with E-state index in [0.717, 1.165) is 0 Å². The zero-order valence-corrected chi connectivity index (χ0v) is 9.96. The van der Waals surface area contributed by atoms with E-state index in [1.807, 2.05) is 0 Å². The second kappa shape index (κ2) is 5.72. The Kier molecular flexibility index (Phi) is 4.57. The van der Waals surface area contributed by atoms with Gasteiger partial charge in [-0.25, -0.2) is 13.1 Å². The number of nitrogens with two attached hydrogens (primary N) is 1. The van der Waals surface area contributed by atoms with Crippen LogP contribution in [0.25, 0.3) is 0 Å². The Morgan fingerprint density at radius 2 is 1.94 bits per heavy atom. The fourth-order valence-electron chi connectivity index (χ4n) is 1.03. The van der Waals surface area contributed by atoms with E-state index < -0.39 is 10.0 Å². The van der Waals surface area contributed by atoms with Gasteiger partial charge in [0.25, 0.3) is 0 Å². The van der Waals surface area contributed by atoms with Gasteiger partial charge >= 0.3 is 0 Å². The van der Waals surface area contributed by atoms with E-state index in [1.165, 1.54) is 0 Å². The van der Waals surface area contributed by atoms with Crippen LogP contribution < -0.4 is 15.2 Å². The van der Waals surface area contributed by atoms with Crippen molar-refractivity contribution in [1.29, 1.82) is 0 Å². The molecule has 1 rings (SSSR count). The third-order valence-corrected chi connectivity index (χ3v) is 3.36. The Morgan fingerprint density at radius 3 is 2.50 bits per heavy atom. The molecular weight excluding hydrogens is 228 g/mol. The molecule has 0 aliphatic rings. The molecule has 0 saturated heterocycles. The highest BCUT2D eigenvalue weighted by molar-refractivity contribution is 7.89. The Balaban J connectivity index is 2.29. The molecule has 0 aliphatic heterocycles. The molecule has 0 heterocycles. The first kappa shape index (κ1) is 12.8. The largest absolute Gasteiger partial charge is 0.492 e. The first-order valence-electron chi connectivity index (χ1n) is 4.99. The second-order valence-electron chi connectivity index (χ2n) is 3.22. The topological polar surface area (TPSA) is 81.4 Å². The van der Waals surface area contributed by atoms with E-state index in [0.29, 0.717) is 18.0 Å². The molecule has 0 radical (unpaired) electrons. The summed E-state index contributed by atoms with van der Waals surface area (Å²) in [6, 6.07) is 6.93. The molecule has 1 aromatic carbocycles. The van der Waals surface area contributed by atoms with E-state index in [-0.39, 0.29) is 12.3 Å². The van der Waals surface area contributed by atoms with Crippen molar-refractivity contribution in [2.45, 2.75) is 6.92 Å². The van der Waals surface area contributed by atoms with Crippen molar-refractivity contribution < 1.29 is 13.2 Å². The summed E-state index contributed by atoms with van der Waals surface area (Å²) in [5, 5.41) is 0. The van der Waals surface area contributed by atoms with Gasteiger partial charge in [0.05, 0.1) is 5.75 Å². The predicted octanol–water partition coefficient (Wildman–Crippen LogP) is 0.587. The molecule has 0 bridgehead atoms. The van der Waals surface area contributed by atoms with E-state index in [2.05, 4.69) is 4.72 Å². The van der Waals surface area contributed by atoms with Crippen LogP contribution in [0.1, 0.15) is 6.92 Å². The first-order chi connectivity index (χ1) is 7.53. The van der Waals surface area contributed by atoms with Gasteiger partial charge in [0.1, 0.15) is 12.4 Å². The lowest BCUT2D eigenvalue weighted by Gasteiger charge is -2.07. The molecule has 0 aliphatic carbocycles. The number of hydrogen-bond acceptors (Lipinski definition) is 4. The maximum atomic E-state index is 11.1. The average molecular weight is 244 g/mol. The SMILES string of the molecule is CCS(=O)(=O)NCCOc1ccc(N)cc1. The lowest BCUT2D eigenvalue weighted by Crippen LogP contribution is -2.29. The molecule has 90 valence electrons. The highest BCUT2D eigenvalue weighted by Gasteiger charge is 2.04. The first-order valence-corrected chi connectivity index (χ1v) is 6.64. The molecular formula is C10H16N2O3S. The fraction of sp³-hybridized carbons (Fsp3) is 0.400. The van der Waals surface area contributed by atoms with Gasteiger partial charge in [0.2, 0.25) is 10.0 Å². The lowest BCUT2D eigenvalue weighted by atomic mass is 10.3. The number of sulfonamides is 1. The van der Waals surface area contributed by atoms with Gasteiger partial charge in [-0.1, -0.05) is 0 Å². The van der Waals surface area contributed by atoms with E-state index in [9.17, 15) is 8.42 Å². The number of nitrogen functional groups attached to an aromatic ring is 1. The van der Waals surface area contributed by atoms with Crippen molar-refractivity contribution in [2.24, 2.45) is 0 Å². The van der Waals surface area contributed by atoms with Crippen LogP contribution >= 0.6 is 0 Å². The van der Waals surface area contributed by atoms with Gasteiger partial charge in [-0.3, -0.25) is 0 Å². The van der Waals surface area contributed by atoms with Crippen molar-refractivity contribution in [2.75, 3.05) is 24.6 Å². The third kappa shape index (κ3) is 4.50. The van der Waals surface area contributed by atoms with Crippen LogP contribution in [0.5, 0.6) is 5.75 Å². The summed E-state index contributed by atoms with van der Waals surface area (Å²) >= 11 is 0. The Bertz CT molecular complexity index is 414. The minimum atomic E-state index is -3.13. The quantitative estimate of drug-likeness (QED) is 0.567. The highest BCUT2D eigenvalue weighted by Crippen LogP contribution is 2.12. The van der Waals surface area contributed by atoms with E-state index >= 15 is 0 Å². The van der Waals surface area contributed by atoms with Gasteiger partial charge in [-0.15, -0.1) is 0 Å². The number of nitrogens with one attached hydrogen (secondary N) is 1. The predicted molar refractivity (Wildman–Crippen MR) is 63.8 cm³/mol. The summed E-state index contributed by atoms with van der Waals surface area (Å²) in [5.74, 6) is 0.749. The van der Waals surface area contributed by atoms with Gasteiger partial charge in [0.15, 0.2) is 0 Å². The summed E-state index contributed by atoms with van der Waals surface area (Å²) in [7, 11) is -3.13. The maximum Gasteiger partial charge on any atom is 0.211 e. The molecule has 0 fully saturated rings. The molecule has 1 aromatic rings. The third-order valence-electron chi connectivity index (χ3n) is 1.95. The van der Waals surface area contributed by atoms with Crippen molar-refractivity contribution in [3.63, 3.8) is 0 Å². The molecule has 0 aromatic heterocycles. The minimum Gasteiger partial charge on any atom is -0.492 e. The van der Waals surface area contributed by atoms with Gasteiger partial charge < -0.3 is 10.5 Å². The van der Waals surface area contributed by atoms with E-state index in [4.69, 9.17) is 10.5 Å². The second-order valence-corrected chi connectivity index (χ2v) is 5.31. The molecule has 0 saturated carbocycles. The summed E-state index contributed by atoms with van der Waals surface area (Å²) in [5.41, 5.74) is 6.18. The summed E-state index contributed by atoms with van der Waals surface area (Å²) in [6.07, 6.45) is 0. The van der Waals surface area contributed by atoms with Crippen LogP contribution in [-0.4, -0.2) is 27.3 Å². The highest BCUT2D eigenvalue weighted by atomic mass is 32.2. The Labute approximate surface area is 95.7 Å². The summed E-state index contributed by atoms with van der Waals surface area (Å²) < 4.78 is 29.9. The average Bonchev–Trinajstić information content (AvgIpc) is 2.27. The van der Waals surface area contributed by atoms with Crippen LogP contribution in [0, 0.1) is 0 Å². The zero-order chi connectivity index (χ0) is 12.0. The molecule has 6 heteroatoms. The number of anilines is 1. The maximum absolute atomic E-state index is 11.1. The fourth-order valence-corrected chi connectivity index (χ4v) is 1.63. The van der Waals surface area contributed by atoms with Crippen molar-refractivity contribution in [1.82, 2.24) is 4.72 Å². The van der Waals surface area contributed by atoms with Crippen molar-refractivity contribution in [3.05, 3.63) is 24.3 Å². The van der Waals surface area contributed by atoms with Crippen LogP contribution in [0.3, 0.4) is 0 Å². The standard InChI is InChI=1S/C10H16N2O3S/c1-2-16(13,14)12-7-8-15-10-5-3-9(11)4-6-10/h3-6,12H,2,7-8,11H2,1H3. The normalized spacial score (nSPS) is 11.3. The summed E-state index contributed by atoms with van der Waals surface area (Å²) in [6.45, 7) is 2.15. The molecule has 0 atom stereocenters. The van der Waals surface area contributed by atoms with Crippen molar-refractivity contribution in [3.8, 4) is 5.75 Å². The monoisotopic (exact) mass is 244 g/mol.